The molecule has 1 saturated carbocycles. The Hall–Kier alpha value is -4.91. The second kappa shape index (κ2) is 11.2. The van der Waals surface area contributed by atoms with Crippen LogP contribution in [0.2, 0.25) is 0 Å². The van der Waals surface area contributed by atoms with Crippen molar-refractivity contribution in [2.75, 3.05) is 20.2 Å². The number of carbonyl (C=O) groups is 2. The van der Waals surface area contributed by atoms with Crippen molar-refractivity contribution in [1.29, 1.82) is 0 Å². The highest BCUT2D eigenvalue weighted by Gasteiger charge is 2.31. The molecule has 238 valence electrons. The molecular weight excluding hydrogens is 599 g/mol. The Morgan fingerprint density at radius 2 is 1.83 bits per heavy atom. The minimum atomic E-state index is -1.19. The number of aryl methyl sites for hydroxylation is 1. The molecule has 4 N–H and O–H groups in total. The van der Waals surface area contributed by atoms with Crippen LogP contribution in [0.3, 0.4) is 0 Å². The van der Waals surface area contributed by atoms with Gasteiger partial charge in [-0.15, -0.1) is 0 Å². The number of benzene rings is 2. The van der Waals surface area contributed by atoms with Crippen LogP contribution in [0.25, 0.3) is 44.8 Å². The molecule has 0 radical (unpaired) electrons. The topological polar surface area (TPSA) is 134 Å². The number of halogens is 3. The van der Waals surface area contributed by atoms with Gasteiger partial charge < -0.3 is 30.2 Å². The molecule has 13 heteroatoms. The summed E-state index contributed by atoms with van der Waals surface area (Å²) >= 11 is 0. The fourth-order valence-corrected chi connectivity index (χ4v) is 6.38. The van der Waals surface area contributed by atoms with Gasteiger partial charge in [0.1, 0.15) is 34.7 Å². The van der Waals surface area contributed by atoms with Crippen LogP contribution in [0.4, 0.5) is 13.2 Å². The number of pyridine rings is 1. The highest BCUT2D eigenvalue weighted by atomic mass is 19.1. The number of alkyl halides is 1. The predicted octanol–water partition coefficient (Wildman–Crippen LogP) is 4.56. The summed E-state index contributed by atoms with van der Waals surface area (Å²) in [5.41, 5.74) is 13.6. The third-order valence-electron chi connectivity index (χ3n) is 8.83. The average Bonchev–Trinajstić information content (AvgIpc) is 3.69. The van der Waals surface area contributed by atoms with Crippen LogP contribution in [0.15, 0.2) is 42.5 Å². The molecule has 0 spiro atoms. The lowest BCUT2D eigenvalue weighted by Crippen LogP contribution is -2.50. The summed E-state index contributed by atoms with van der Waals surface area (Å²) in [6.45, 7) is 0.869. The van der Waals surface area contributed by atoms with Crippen LogP contribution in [0.1, 0.15) is 40.0 Å². The molecule has 46 heavy (non-hydrogen) atoms. The summed E-state index contributed by atoms with van der Waals surface area (Å²) in [5.74, 6) is -1.71. The number of amides is 2. The quantitative estimate of drug-likeness (QED) is 0.271. The van der Waals surface area contributed by atoms with Gasteiger partial charge in [-0.2, -0.15) is 0 Å². The van der Waals surface area contributed by atoms with Crippen molar-refractivity contribution in [3.8, 4) is 28.5 Å². The van der Waals surface area contributed by atoms with Gasteiger partial charge in [0.25, 0.3) is 11.8 Å². The second-order valence-electron chi connectivity index (χ2n) is 12.2. The number of primary amides is 1. The maximum atomic E-state index is 15.1. The molecule has 2 atom stereocenters. The van der Waals surface area contributed by atoms with Gasteiger partial charge >= 0.3 is 0 Å². The van der Waals surface area contributed by atoms with Gasteiger partial charge in [-0.25, -0.2) is 23.1 Å². The molecule has 0 bridgehead atoms. The van der Waals surface area contributed by atoms with Crippen LogP contribution < -0.4 is 16.2 Å². The Balaban J connectivity index is 1.34. The Kier molecular flexibility index (Phi) is 7.23. The first kappa shape index (κ1) is 29.8. The van der Waals surface area contributed by atoms with Crippen molar-refractivity contribution in [1.82, 2.24) is 24.0 Å². The average molecular weight is 632 g/mol. The fraction of sp³-hybridized carbons (Fsp3) is 0.333. The monoisotopic (exact) mass is 631 g/mol. The number of likely N-dealkylation sites (tertiary alicyclic amines) is 1. The van der Waals surface area contributed by atoms with Crippen molar-refractivity contribution >= 4 is 33.9 Å². The molecule has 2 aliphatic rings. The summed E-state index contributed by atoms with van der Waals surface area (Å²) in [7, 11) is 3.36. The van der Waals surface area contributed by atoms with E-state index in [2.05, 4.69) is 0 Å². The largest absolute Gasteiger partial charge is 0.494 e. The number of hydrogen-bond acceptors (Lipinski definition) is 6. The molecule has 1 aliphatic carbocycles. The number of ether oxygens (including phenoxy) is 1. The number of methoxy groups -OCH3 is 1. The highest BCUT2D eigenvalue weighted by Crippen LogP contribution is 2.38. The van der Waals surface area contributed by atoms with Gasteiger partial charge in [0, 0.05) is 42.7 Å². The van der Waals surface area contributed by atoms with Crippen LogP contribution >= 0.6 is 0 Å². The Morgan fingerprint density at radius 1 is 1.04 bits per heavy atom. The van der Waals surface area contributed by atoms with Gasteiger partial charge in [0.15, 0.2) is 5.82 Å². The second-order valence-corrected chi connectivity index (χ2v) is 12.2. The summed E-state index contributed by atoms with van der Waals surface area (Å²) in [6, 6.07) is 9.91. The Morgan fingerprint density at radius 3 is 2.52 bits per heavy atom. The molecule has 5 aromatic rings. The lowest BCUT2D eigenvalue weighted by molar-refractivity contribution is 0.0606. The van der Waals surface area contributed by atoms with Gasteiger partial charge in [0.05, 0.1) is 36.1 Å². The molecule has 0 unspecified atom stereocenters. The zero-order valence-corrected chi connectivity index (χ0v) is 25.3. The molecule has 1 saturated heterocycles. The SMILES string of the molecule is COc1cc(C(=O)N2C[C@H](N)C[C@@H](F)C2)cc2nc(-c3cc4ccc(-c5cc(F)c(C(N)=O)cc5F)nc4n3CC3CC3)n(C)c12. The van der Waals surface area contributed by atoms with E-state index >= 15 is 4.39 Å². The van der Waals surface area contributed by atoms with E-state index in [1.54, 1.807) is 24.3 Å². The van der Waals surface area contributed by atoms with Crippen molar-refractivity contribution in [2.45, 2.75) is 38.0 Å². The minimum Gasteiger partial charge on any atom is -0.494 e. The molecule has 2 fully saturated rings. The van der Waals surface area contributed by atoms with E-state index < -0.39 is 35.3 Å². The summed E-state index contributed by atoms with van der Waals surface area (Å²) in [6.07, 6.45) is 1.13. The summed E-state index contributed by atoms with van der Waals surface area (Å²) < 4.78 is 53.5. The predicted molar refractivity (Wildman–Crippen MR) is 166 cm³/mol. The maximum Gasteiger partial charge on any atom is 0.254 e. The van der Waals surface area contributed by atoms with E-state index in [9.17, 15) is 18.4 Å². The summed E-state index contributed by atoms with van der Waals surface area (Å²) in [5, 5.41) is 0.770. The number of nitrogens with zero attached hydrogens (tertiary/aromatic N) is 5. The van der Waals surface area contributed by atoms with Gasteiger partial charge in [-0.05, 0) is 67.6 Å². The zero-order chi connectivity index (χ0) is 32.4. The molecule has 3 aromatic heterocycles. The number of rotatable bonds is 7. The van der Waals surface area contributed by atoms with Crippen LogP contribution in [-0.4, -0.2) is 68.2 Å². The zero-order valence-electron chi connectivity index (χ0n) is 25.3. The lowest BCUT2D eigenvalue weighted by atomic mass is 10.0. The molecular formula is C33H32F3N7O3. The first-order valence-electron chi connectivity index (χ1n) is 15.1. The van der Waals surface area contributed by atoms with E-state index in [1.807, 2.05) is 22.2 Å². The van der Waals surface area contributed by atoms with Gasteiger partial charge in [0.2, 0.25) is 0 Å². The van der Waals surface area contributed by atoms with E-state index in [4.69, 9.17) is 26.2 Å². The minimum absolute atomic E-state index is 0.0254. The number of imidazole rings is 1. The van der Waals surface area contributed by atoms with Crippen molar-refractivity contribution < 1.29 is 27.5 Å². The maximum absolute atomic E-state index is 15.1. The smallest absolute Gasteiger partial charge is 0.254 e. The van der Waals surface area contributed by atoms with Crippen molar-refractivity contribution in [3.63, 3.8) is 0 Å². The number of piperidine rings is 1. The molecule has 1 aliphatic heterocycles. The number of carbonyl (C=O) groups excluding carboxylic acids is 2. The molecule has 7 rings (SSSR count). The lowest BCUT2D eigenvalue weighted by Gasteiger charge is -2.33. The van der Waals surface area contributed by atoms with Gasteiger partial charge in [-0.3, -0.25) is 9.59 Å². The third kappa shape index (κ3) is 5.14. The number of aromatic nitrogens is 4. The first-order valence-corrected chi connectivity index (χ1v) is 15.1. The molecule has 2 aromatic carbocycles. The number of nitrogens with two attached hydrogens (primary N) is 2. The van der Waals surface area contributed by atoms with E-state index in [0.717, 1.165) is 36.1 Å². The van der Waals surface area contributed by atoms with E-state index in [-0.39, 0.29) is 36.7 Å². The fourth-order valence-electron chi connectivity index (χ4n) is 6.38. The highest BCUT2D eigenvalue weighted by molar-refractivity contribution is 6.00. The van der Waals surface area contributed by atoms with Crippen molar-refractivity contribution in [2.24, 2.45) is 24.4 Å². The normalized spacial score (nSPS) is 18.4. The first-order chi connectivity index (χ1) is 22.0. The van der Waals surface area contributed by atoms with E-state index in [1.165, 1.54) is 12.0 Å². The van der Waals surface area contributed by atoms with Crippen molar-refractivity contribution in [3.05, 3.63) is 65.2 Å². The number of fused-ring (bicyclic) bond motifs is 2. The molecule has 10 nitrogen and oxygen atoms in total. The number of hydrogen-bond donors (Lipinski definition) is 2. The Labute approximate surface area is 261 Å². The summed E-state index contributed by atoms with van der Waals surface area (Å²) in [4.78, 5) is 36.1. The van der Waals surface area contributed by atoms with E-state index in [0.29, 0.717) is 46.3 Å². The van der Waals surface area contributed by atoms with Crippen LogP contribution in [-0.2, 0) is 13.6 Å². The third-order valence-corrected chi connectivity index (χ3v) is 8.83. The molecule has 2 amide bonds. The Bertz CT molecular complexity index is 2040. The molecule has 4 heterocycles. The standard InChI is InChI=1S/C33H32F3N7O3/c1-41-29-26(7-18(9-28(29)46-2)33(45)42-14-19(34)10-20(37)15-42)40-32(41)27-8-17-5-6-25(39-31(17)43(27)13-16-3-4-16)21-11-24(36)22(30(38)44)12-23(21)35/h5-9,11-12,16,19-20H,3-4,10,13-15,37H2,1-2H3,(H2,38,44)/t19-,20-/m1/s1. The van der Waals surface area contributed by atoms with Gasteiger partial charge in [-0.1, -0.05) is 0 Å². The van der Waals surface area contributed by atoms with Crippen LogP contribution in [0, 0.1) is 17.6 Å². The van der Waals surface area contributed by atoms with Crippen LogP contribution in [0.5, 0.6) is 5.75 Å².